The van der Waals surface area contributed by atoms with E-state index < -0.39 is 0 Å². The minimum Gasteiger partial charge on any atom is -0.309 e. The lowest BCUT2D eigenvalue weighted by molar-refractivity contribution is -0.121. The molecule has 2 fully saturated rings. The second-order valence-corrected chi connectivity index (χ2v) is 6.49. The monoisotopic (exact) mass is 296 g/mol. The van der Waals surface area contributed by atoms with Crippen molar-refractivity contribution in [1.82, 2.24) is 14.8 Å². The minimum atomic E-state index is 0.148. The number of carbonyl (C=O) groups is 1. The quantitative estimate of drug-likeness (QED) is 0.943. The second-order valence-electron chi connectivity index (χ2n) is 6.49. The first-order chi connectivity index (χ1) is 10.8. The van der Waals surface area contributed by atoms with Crippen molar-refractivity contribution in [2.45, 2.75) is 32.2 Å². The molecule has 3 atom stereocenters. The number of nitrogens with one attached hydrogen (secondary N) is 1. The van der Waals surface area contributed by atoms with E-state index in [0.717, 1.165) is 18.0 Å². The van der Waals surface area contributed by atoms with Gasteiger partial charge in [0.1, 0.15) is 0 Å². The summed E-state index contributed by atoms with van der Waals surface area (Å²) >= 11 is 0. The maximum atomic E-state index is 12.4. The van der Waals surface area contributed by atoms with Crippen molar-refractivity contribution in [2.75, 3.05) is 5.32 Å². The Labute approximate surface area is 129 Å². The van der Waals surface area contributed by atoms with Crippen LogP contribution in [0.3, 0.4) is 0 Å². The lowest BCUT2D eigenvalue weighted by Gasteiger charge is -2.20. The molecule has 0 spiro atoms. The highest BCUT2D eigenvalue weighted by Gasteiger charge is 2.43. The first kappa shape index (κ1) is 13.5. The van der Waals surface area contributed by atoms with Crippen LogP contribution in [-0.4, -0.2) is 20.7 Å². The number of amides is 1. The second kappa shape index (κ2) is 5.55. The SMILES string of the molecule is O=C(Nc1ccn(Cc2ccccn2)n1)[C@H]1C[C@H]2CC[C@H]1C2. The van der Waals surface area contributed by atoms with E-state index in [2.05, 4.69) is 15.4 Å². The van der Waals surface area contributed by atoms with Crippen molar-refractivity contribution in [1.29, 1.82) is 0 Å². The van der Waals surface area contributed by atoms with Crippen LogP contribution >= 0.6 is 0 Å². The third-order valence-electron chi connectivity index (χ3n) is 5.02. The van der Waals surface area contributed by atoms with Gasteiger partial charge in [0.05, 0.1) is 12.2 Å². The van der Waals surface area contributed by atoms with Crippen LogP contribution in [0.1, 0.15) is 31.4 Å². The van der Waals surface area contributed by atoms with Crippen LogP contribution in [0, 0.1) is 17.8 Å². The first-order valence-electron chi connectivity index (χ1n) is 8.02. The van der Waals surface area contributed by atoms with Gasteiger partial charge in [0.25, 0.3) is 0 Å². The zero-order valence-corrected chi connectivity index (χ0v) is 12.5. The average Bonchev–Trinajstić information content (AvgIpc) is 3.25. The van der Waals surface area contributed by atoms with Crippen LogP contribution in [0.5, 0.6) is 0 Å². The van der Waals surface area contributed by atoms with Gasteiger partial charge in [-0.25, -0.2) is 0 Å². The number of anilines is 1. The molecule has 0 radical (unpaired) electrons. The summed E-state index contributed by atoms with van der Waals surface area (Å²) in [5.41, 5.74) is 0.955. The summed E-state index contributed by atoms with van der Waals surface area (Å²) in [6.45, 7) is 0.616. The number of nitrogens with zero attached hydrogens (tertiary/aromatic N) is 3. The Morgan fingerprint density at radius 1 is 1.27 bits per heavy atom. The summed E-state index contributed by atoms with van der Waals surface area (Å²) in [6, 6.07) is 7.68. The molecular formula is C17H20N4O. The van der Waals surface area contributed by atoms with Gasteiger partial charge in [0.15, 0.2) is 5.82 Å². The first-order valence-corrected chi connectivity index (χ1v) is 8.02. The van der Waals surface area contributed by atoms with E-state index in [4.69, 9.17) is 0 Å². The van der Waals surface area contributed by atoms with Gasteiger partial charge >= 0.3 is 0 Å². The standard InChI is InChI=1S/C17H20N4O/c22-17(15-10-12-4-5-13(15)9-12)19-16-6-8-21(20-16)11-14-3-1-2-7-18-14/h1-3,6-8,12-13,15H,4-5,9-11H2,(H,19,20,22)/t12-,13-,15-/m0/s1. The summed E-state index contributed by atoms with van der Waals surface area (Å²) in [7, 11) is 0. The Bertz CT molecular complexity index is 666. The van der Waals surface area contributed by atoms with Crippen molar-refractivity contribution < 1.29 is 4.79 Å². The van der Waals surface area contributed by atoms with Crippen LogP contribution in [0.25, 0.3) is 0 Å². The van der Waals surface area contributed by atoms with Crippen LogP contribution in [0.2, 0.25) is 0 Å². The van der Waals surface area contributed by atoms with Crippen molar-refractivity contribution >= 4 is 11.7 Å². The number of pyridine rings is 1. The summed E-state index contributed by atoms with van der Waals surface area (Å²) in [5, 5.41) is 7.41. The molecule has 2 aliphatic carbocycles. The fraction of sp³-hybridized carbons (Fsp3) is 0.471. The van der Waals surface area contributed by atoms with E-state index in [1.807, 2.05) is 30.5 Å². The van der Waals surface area contributed by atoms with Gasteiger partial charge < -0.3 is 5.32 Å². The molecule has 1 amide bonds. The zero-order chi connectivity index (χ0) is 14.9. The van der Waals surface area contributed by atoms with Crippen molar-refractivity contribution in [3.8, 4) is 0 Å². The third-order valence-corrected chi connectivity index (χ3v) is 5.02. The lowest BCUT2D eigenvalue weighted by Crippen LogP contribution is -2.27. The average molecular weight is 296 g/mol. The molecule has 0 aliphatic heterocycles. The predicted molar refractivity (Wildman–Crippen MR) is 83.1 cm³/mol. The van der Waals surface area contributed by atoms with E-state index >= 15 is 0 Å². The molecule has 114 valence electrons. The van der Waals surface area contributed by atoms with Gasteiger partial charge in [-0.3, -0.25) is 14.5 Å². The minimum absolute atomic E-state index is 0.148. The number of aromatic nitrogens is 3. The number of rotatable bonds is 4. The Balaban J connectivity index is 1.38. The van der Waals surface area contributed by atoms with E-state index in [1.54, 1.807) is 10.9 Å². The van der Waals surface area contributed by atoms with Gasteiger partial charge in [0.2, 0.25) is 5.91 Å². The highest BCUT2D eigenvalue weighted by atomic mass is 16.2. The molecule has 22 heavy (non-hydrogen) atoms. The molecule has 2 saturated carbocycles. The van der Waals surface area contributed by atoms with E-state index in [9.17, 15) is 4.79 Å². The molecule has 2 bridgehead atoms. The molecule has 4 rings (SSSR count). The van der Waals surface area contributed by atoms with E-state index in [0.29, 0.717) is 18.3 Å². The van der Waals surface area contributed by atoms with Gasteiger partial charge in [-0.05, 0) is 43.2 Å². The van der Waals surface area contributed by atoms with E-state index in [1.165, 1.54) is 19.3 Å². The Morgan fingerprint density at radius 3 is 2.95 bits per heavy atom. The largest absolute Gasteiger partial charge is 0.309 e. The van der Waals surface area contributed by atoms with Crippen LogP contribution in [0.15, 0.2) is 36.7 Å². The molecule has 2 aromatic heterocycles. The molecule has 1 N–H and O–H groups in total. The van der Waals surface area contributed by atoms with Crippen molar-refractivity contribution in [3.63, 3.8) is 0 Å². The molecule has 0 unspecified atom stereocenters. The Kier molecular flexibility index (Phi) is 3.41. The van der Waals surface area contributed by atoms with Crippen LogP contribution in [-0.2, 0) is 11.3 Å². The molecular weight excluding hydrogens is 276 g/mol. The van der Waals surface area contributed by atoms with E-state index in [-0.39, 0.29) is 11.8 Å². The molecule has 0 aromatic carbocycles. The molecule has 2 aliphatic rings. The molecule has 2 heterocycles. The van der Waals surface area contributed by atoms with Gasteiger partial charge in [-0.15, -0.1) is 0 Å². The van der Waals surface area contributed by atoms with Gasteiger partial charge in [-0.2, -0.15) is 5.10 Å². The number of fused-ring (bicyclic) bond motifs is 2. The maximum absolute atomic E-state index is 12.4. The normalized spacial score (nSPS) is 26.3. The highest BCUT2D eigenvalue weighted by molar-refractivity contribution is 5.92. The Morgan fingerprint density at radius 2 is 2.23 bits per heavy atom. The number of hydrogen-bond donors (Lipinski definition) is 1. The van der Waals surface area contributed by atoms with Crippen LogP contribution in [0.4, 0.5) is 5.82 Å². The highest BCUT2D eigenvalue weighted by Crippen LogP contribution is 2.48. The zero-order valence-electron chi connectivity index (χ0n) is 12.5. The fourth-order valence-corrected chi connectivity index (χ4v) is 3.96. The third kappa shape index (κ3) is 2.63. The fourth-order valence-electron chi connectivity index (χ4n) is 3.96. The topological polar surface area (TPSA) is 59.8 Å². The molecule has 5 nitrogen and oxygen atoms in total. The smallest absolute Gasteiger partial charge is 0.228 e. The summed E-state index contributed by atoms with van der Waals surface area (Å²) in [4.78, 5) is 16.7. The summed E-state index contributed by atoms with van der Waals surface area (Å²) in [6.07, 6.45) is 8.49. The lowest BCUT2D eigenvalue weighted by atomic mass is 9.88. The van der Waals surface area contributed by atoms with Gasteiger partial charge in [-0.1, -0.05) is 12.5 Å². The van der Waals surface area contributed by atoms with Gasteiger partial charge in [0, 0.05) is 24.4 Å². The summed E-state index contributed by atoms with van der Waals surface area (Å²) in [5.74, 6) is 2.36. The van der Waals surface area contributed by atoms with Crippen LogP contribution < -0.4 is 5.32 Å². The summed E-state index contributed by atoms with van der Waals surface area (Å²) < 4.78 is 1.80. The van der Waals surface area contributed by atoms with Crippen molar-refractivity contribution in [2.24, 2.45) is 17.8 Å². The number of hydrogen-bond acceptors (Lipinski definition) is 3. The predicted octanol–water partition coefficient (Wildman–Crippen LogP) is 2.70. The van der Waals surface area contributed by atoms with Crippen molar-refractivity contribution in [3.05, 3.63) is 42.4 Å². The number of carbonyl (C=O) groups excluding carboxylic acids is 1. The molecule has 5 heteroatoms. The molecule has 0 saturated heterocycles. The molecule has 2 aromatic rings. The maximum Gasteiger partial charge on any atom is 0.228 e. The Hall–Kier alpha value is -2.17.